The fraction of sp³-hybridized carbons (Fsp3) is 0.273. The quantitative estimate of drug-likeness (QED) is 0.860. The molecule has 76 valence electrons. The van der Waals surface area contributed by atoms with Crippen LogP contribution in [0.25, 0.3) is 10.2 Å². The van der Waals surface area contributed by atoms with Crippen LogP contribution in [0.15, 0.2) is 23.7 Å². The van der Waals surface area contributed by atoms with Crippen LogP contribution in [0.4, 0.5) is 5.69 Å². The summed E-state index contributed by atoms with van der Waals surface area (Å²) in [4.78, 5) is 4.21. The second-order valence-corrected chi connectivity index (χ2v) is 4.33. The van der Waals surface area contributed by atoms with E-state index in [1.807, 2.05) is 24.6 Å². The van der Waals surface area contributed by atoms with Gasteiger partial charge in [0.1, 0.15) is 0 Å². The Morgan fingerprint density at radius 2 is 2.47 bits per heavy atom. The summed E-state index contributed by atoms with van der Waals surface area (Å²) in [6.45, 7) is 2.58. The molecule has 15 heavy (non-hydrogen) atoms. The molecule has 0 aliphatic heterocycles. The Morgan fingerprint density at radius 1 is 1.60 bits per heavy atom. The average molecular weight is 217 g/mol. The zero-order valence-electron chi connectivity index (χ0n) is 8.40. The lowest BCUT2D eigenvalue weighted by Gasteiger charge is -2.06. The molecule has 0 amide bonds. The van der Waals surface area contributed by atoms with E-state index in [1.165, 1.54) is 4.70 Å². The lowest BCUT2D eigenvalue weighted by atomic mass is 10.2. The number of benzene rings is 1. The van der Waals surface area contributed by atoms with Gasteiger partial charge >= 0.3 is 0 Å². The standard InChI is InChI=1S/C11H11N3S/c1-8(5-12)6-13-9-2-3-10-11(4-9)15-7-14-10/h2-4,7-8,13H,6H2,1H3. The summed E-state index contributed by atoms with van der Waals surface area (Å²) in [5.74, 6) is 0.0298. The predicted molar refractivity (Wildman–Crippen MR) is 62.9 cm³/mol. The summed E-state index contributed by atoms with van der Waals surface area (Å²) in [7, 11) is 0. The molecule has 1 aromatic carbocycles. The van der Waals surface area contributed by atoms with Gasteiger partial charge in [-0.1, -0.05) is 0 Å². The second kappa shape index (κ2) is 4.28. The first-order valence-electron chi connectivity index (χ1n) is 4.76. The largest absolute Gasteiger partial charge is 0.384 e. The molecular weight excluding hydrogens is 206 g/mol. The van der Waals surface area contributed by atoms with Crippen LogP contribution >= 0.6 is 11.3 Å². The number of anilines is 1. The monoisotopic (exact) mass is 217 g/mol. The fourth-order valence-corrected chi connectivity index (χ4v) is 2.00. The van der Waals surface area contributed by atoms with Gasteiger partial charge in [0.15, 0.2) is 0 Å². The number of fused-ring (bicyclic) bond motifs is 1. The minimum atomic E-state index is 0.0298. The molecule has 1 aromatic heterocycles. The third-order valence-electron chi connectivity index (χ3n) is 2.16. The van der Waals surface area contributed by atoms with E-state index >= 15 is 0 Å². The first kappa shape index (κ1) is 9.94. The highest BCUT2D eigenvalue weighted by Crippen LogP contribution is 2.21. The number of aromatic nitrogens is 1. The van der Waals surface area contributed by atoms with E-state index in [2.05, 4.69) is 22.4 Å². The van der Waals surface area contributed by atoms with Crippen LogP contribution in [0.2, 0.25) is 0 Å². The molecule has 0 fully saturated rings. The van der Waals surface area contributed by atoms with Crippen LogP contribution in [-0.2, 0) is 0 Å². The highest BCUT2D eigenvalue weighted by atomic mass is 32.1. The predicted octanol–water partition coefficient (Wildman–Crippen LogP) is 2.87. The molecule has 1 unspecified atom stereocenters. The molecule has 0 aliphatic rings. The van der Waals surface area contributed by atoms with Crippen LogP contribution in [0.3, 0.4) is 0 Å². The summed E-state index contributed by atoms with van der Waals surface area (Å²) < 4.78 is 1.17. The maximum absolute atomic E-state index is 8.65. The van der Waals surface area contributed by atoms with Crippen molar-refractivity contribution >= 4 is 27.2 Å². The molecule has 3 nitrogen and oxygen atoms in total. The Hall–Kier alpha value is -1.60. The SMILES string of the molecule is CC(C#N)CNc1ccc2ncsc2c1. The molecular formula is C11H11N3S. The van der Waals surface area contributed by atoms with Crippen LogP contribution in [0.1, 0.15) is 6.92 Å². The van der Waals surface area contributed by atoms with Gasteiger partial charge in [0.25, 0.3) is 0 Å². The lowest BCUT2D eigenvalue weighted by Crippen LogP contribution is -2.08. The van der Waals surface area contributed by atoms with Crippen LogP contribution in [0, 0.1) is 17.2 Å². The number of hydrogen-bond donors (Lipinski definition) is 1. The van der Waals surface area contributed by atoms with Crippen LogP contribution in [0.5, 0.6) is 0 Å². The van der Waals surface area contributed by atoms with Crippen molar-refractivity contribution in [3.63, 3.8) is 0 Å². The van der Waals surface area contributed by atoms with E-state index in [0.29, 0.717) is 6.54 Å². The highest BCUT2D eigenvalue weighted by Gasteiger charge is 2.01. The van der Waals surface area contributed by atoms with Gasteiger partial charge in [-0.05, 0) is 25.1 Å². The van der Waals surface area contributed by atoms with Crippen molar-refractivity contribution in [2.75, 3.05) is 11.9 Å². The Labute approximate surface area is 92.4 Å². The van der Waals surface area contributed by atoms with Crippen molar-refractivity contribution in [3.8, 4) is 6.07 Å². The molecule has 1 heterocycles. The van der Waals surface area contributed by atoms with Gasteiger partial charge in [-0.15, -0.1) is 11.3 Å². The normalized spacial score (nSPS) is 12.3. The Balaban J connectivity index is 2.12. The summed E-state index contributed by atoms with van der Waals surface area (Å²) in [6.07, 6.45) is 0. The molecule has 4 heteroatoms. The van der Waals surface area contributed by atoms with Gasteiger partial charge in [-0.3, -0.25) is 0 Å². The fourth-order valence-electron chi connectivity index (χ4n) is 1.28. The van der Waals surface area contributed by atoms with Gasteiger partial charge in [-0.2, -0.15) is 5.26 Å². The Morgan fingerprint density at radius 3 is 3.27 bits per heavy atom. The van der Waals surface area contributed by atoms with Crippen molar-refractivity contribution in [1.29, 1.82) is 5.26 Å². The number of nitrogens with zero attached hydrogens (tertiary/aromatic N) is 2. The minimum Gasteiger partial charge on any atom is -0.384 e. The Kier molecular flexibility index (Phi) is 2.84. The third-order valence-corrected chi connectivity index (χ3v) is 2.96. The van der Waals surface area contributed by atoms with Crippen molar-refractivity contribution in [2.24, 2.45) is 5.92 Å². The van der Waals surface area contributed by atoms with Gasteiger partial charge in [0, 0.05) is 12.2 Å². The molecule has 0 saturated carbocycles. The lowest BCUT2D eigenvalue weighted by molar-refractivity contribution is 0.786. The zero-order chi connectivity index (χ0) is 10.7. The maximum Gasteiger partial charge on any atom is 0.0813 e. The first-order chi connectivity index (χ1) is 7.29. The summed E-state index contributed by atoms with van der Waals surface area (Å²) >= 11 is 1.63. The highest BCUT2D eigenvalue weighted by molar-refractivity contribution is 7.16. The van der Waals surface area contributed by atoms with E-state index < -0.39 is 0 Å². The molecule has 2 aromatic rings. The van der Waals surface area contributed by atoms with Crippen molar-refractivity contribution < 1.29 is 0 Å². The van der Waals surface area contributed by atoms with E-state index in [9.17, 15) is 0 Å². The number of thiazole rings is 1. The van der Waals surface area contributed by atoms with E-state index in [-0.39, 0.29) is 5.92 Å². The Bertz CT molecular complexity index is 498. The van der Waals surface area contributed by atoms with Crippen LogP contribution in [-0.4, -0.2) is 11.5 Å². The molecule has 0 radical (unpaired) electrons. The molecule has 0 spiro atoms. The number of rotatable bonds is 3. The maximum atomic E-state index is 8.65. The molecule has 1 atom stereocenters. The number of nitriles is 1. The smallest absolute Gasteiger partial charge is 0.0813 e. The van der Waals surface area contributed by atoms with Gasteiger partial charge in [0.05, 0.1) is 27.7 Å². The summed E-state index contributed by atoms with van der Waals surface area (Å²) in [5.41, 5.74) is 3.92. The molecule has 1 N–H and O–H groups in total. The minimum absolute atomic E-state index is 0.0298. The summed E-state index contributed by atoms with van der Waals surface area (Å²) in [6, 6.07) is 8.25. The molecule has 0 aliphatic carbocycles. The van der Waals surface area contributed by atoms with E-state index in [0.717, 1.165) is 11.2 Å². The van der Waals surface area contributed by atoms with Crippen molar-refractivity contribution in [1.82, 2.24) is 4.98 Å². The molecule has 0 bridgehead atoms. The molecule has 2 rings (SSSR count). The third kappa shape index (κ3) is 2.25. The zero-order valence-corrected chi connectivity index (χ0v) is 9.21. The van der Waals surface area contributed by atoms with Crippen molar-refractivity contribution in [3.05, 3.63) is 23.7 Å². The number of nitrogens with one attached hydrogen (secondary N) is 1. The average Bonchev–Trinajstić information content (AvgIpc) is 2.72. The second-order valence-electron chi connectivity index (χ2n) is 3.45. The van der Waals surface area contributed by atoms with Crippen molar-refractivity contribution in [2.45, 2.75) is 6.92 Å². The van der Waals surface area contributed by atoms with Crippen LogP contribution < -0.4 is 5.32 Å². The van der Waals surface area contributed by atoms with Gasteiger partial charge in [0.2, 0.25) is 0 Å². The molecule has 0 saturated heterocycles. The van der Waals surface area contributed by atoms with E-state index in [1.54, 1.807) is 11.3 Å². The van der Waals surface area contributed by atoms with E-state index in [4.69, 9.17) is 5.26 Å². The summed E-state index contributed by atoms with van der Waals surface area (Å²) in [5, 5.41) is 11.9. The first-order valence-corrected chi connectivity index (χ1v) is 5.64. The van der Waals surface area contributed by atoms with Gasteiger partial charge < -0.3 is 5.32 Å². The number of hydrogen-bond acceptors (Lipinski definition) is 4. The topological polar surface area (TPSA) is 48.7 Å². The van der Waals surface area contributed by atoms with Gasteiger partial charge in [-0.25, -0.2) is 4.98 Å².